The SMILES string of the molecule is CCCCOC(=O)C(CC(C)C)SCCCCC(F)F. The molecule has 0 rings (SSSR count). The molecule has 0 heterocycles. The Morgan fingerprint density at radius 3 is 2.45 bits per heavy atom. The van der Waals surface area contributed by atoms with Crippen molar-refractivity contribution in [3.63, 3.8) is 0 Å². The van der Waals surface area contributed by atoms with Crippen LogP contribution in [-0.2, 0) is 9.53 Å². The number of hydrogen-bond acceptors (Lipinski definition) is 3. The first kappa shape index (κ1) is 19.7. The van der Waals surface area contributed by atoms with Crippen LogP contribution in [0.25, 0.3) is 0 Å². The van der Waals surface area contributed by atoms with Crippen molar-refractivity contribution in [2.75, 3.05) is 12.4 Å². The van der Waals surface area contributed by atoms with Crippen molar-refractivity contribution in [1.29, 1.82) is 0 Å². The molecule has 1 atom stereocenters. The van der Waals surface area contributed by atoms with Crippen LogP contribution in [0.3, 0.4) is 0 Å². The third kappa shape index (κ3) is 11.5. The fourth-order valence-corrected chi connectivity index (χ4v) is 3.08. The van der Waals surface area contributed by atoms with Crippen molar-refractivity contribution in [2.24, 2.45) is 5.92 Å². The van der Waals surface area contributed by atoms with Gasteiger partial charge in [0, 0.05) is 6.42 Å². The molecule has 20 heavy (non-hydrogen) atoms. The van der Waals surface area contributed by atoms with Gasteiger partial charge in [0.1, 0.15) is 5.25 Å². The number of unbranched alkanes of at least 4 members (excludes halogenated alkanes) is 2. The Hall–Kier alpha value is -0.320. The second-order valence-electron chi connectivity index (χ2n) is 5.40. The van der Waals surface area contributed by atoms with Crippen LogP contribution in [0.5, 0.6) is 0 Å². The molecule has 0 aliphatic rings. The summed E-state index contributed by atoms with van der Waals surface area (Å²) in [5.41, 5.74) is 0. The van der Waals surface area contributed by atoms with Crippen LogP contribution in [0.2, 0.25) is 0 Å². The van der Waals surface area contributed by atoms with Crippen LogP contribution in [0.4, 0.5) is 8.78 Å². The minimum Gasteiger partial charge on any atom is -0.465 e. The summed E-state index contributed by atoms with van der Waals surface area (Å²) < 4.78 is 29.3. The molecular weight excluding hydrogens is 282 g/mol. The number of carbonyl (C=O) groups excluding carboxylic acids is 1. The smallest absolute Gasteiger partial charge is 0.319 e. The molecule has 120 valence electrons. The minimum absolute atomic E-state index is 0.0453. The molecule has 0 aromatic heterocycles. The maximum absolute atomic E-state index is 12.0. The van der Waals surface area contributed by atoms with Gasteiger partial charge in [0.25, 0.3) is 0 Å². The lowest BCUT2D eigenvalue weighted by Crippen LogP contribution is -2.23. The Kier molecular flexibility index (Phi) is 12.2. The summed E-state index contributed by atoms with van der Waals surface area (Å²) in [7, 11) is 0. The minimum atomic E-state index is -2.22. The summed E-state index contributed by atoms with van der Waals surface area (Å²) in [5.74, 6) is 1.02. The molecule has 0 aromatic carbocycles. The lowest BCUT2D eigenvalue weighted by atomic mass is 10.1. The Morgan fingerprint density at radius 2 is 1.90 bits per heavy atom. The van der Waals surface area contributed by atoms with E-state index in [9.17, 15) is 13.6 Å². The van der Waals surface area contributed by atoms with Gasteiger partial charge in [0.05, 0.1) is 6.61 Å². The number of rotatable bonds is 12. The van der Waals surface area contributed by atoms with E-state index < -0.39 is 6.43 Å². The van der Waals surface area contributed by atoms with Crippen molar-refractivity contribution in [3.8, 4) is 0 Å². The molecule has 0 saturated heterocycles. The molecular formula is C15H28F2O2S. The molecule has 0 amide bonds. The summed E-state index contributed by atoms with van der Waals surface area (Å²) in [6, 6.07) is 0. The number of carbonyl (C=O) groups is 1. The summed E-state index contributed by atoms with van der Waals surface area (Å²) in [4.78, 5) is 12.0. The van der Waals surface area contributed by atoms with Crippen molar-refractivity contribution in [2.45, 2.75) is 71.0 Å². The normalized spacial score (nSPS) is 12.9. The van der Waals surface area contributed by atoms with Gasteiger partial charge < -0.3 is 4.74 Å². The van der Waals surface area contributed by atoms with Crippen molar-refractivity contribution >= 4 is 17.7 Å². The Balaban J connectivity index is 3.97. The van der Waals surface area contributed by atoms with Gasteiger partial charge in [0.15, 0.2) is 0 Å². The summed E-state index contributed by atoms with van der Waals surface area (Å²) in [6.45, 7) is 6.68. The van der Waals surface area contributed by atoms with E-state index in [1.54, 1.807) is 11.8 Å². The first-order chi connectivity index (χ1) is 9.47. The van der Waals surface area contributed by atoms with Crippen LogP contribution in [-0.4, -0.2) is 30.0 Å². The number of thioether (sulfide) groups is 1. The average molecular weight is 310 g/mol. The second-order valence-corrected chi connectivity index (χ2v) is 6.71. The number of ether oxygens (including phenoxy) is 1. The zero-order valence-corrected chi connectivity index (χ0v) is 13.7. The van der Waals surface area contributed by atoms with E-state index >= 15 is 0 Å². The number of halogens is 2. The molecule has 5 heteroatoms. The maximum Gasteiger partial charge on any atom is 0.319 e. The highest BCUT2D eigenvalue weighted by Crippen LogP contribution is 2.22. The molecule has 0 aromatic rings. The summed E-state index contributed by atoms with van der Waals surface area (Å²) in [6.07, 6.45) is 1.66. The standard InChI is InChI=1S/C15H28F2O2S/c1-4-5-9-19-15(18)13(11-12(2)3)20-10-7-6-8-14(16)17/h12-14H,4-11H2,1-3H3. The fourth-order valence-electron chi connectivity index (χ4n) is 1.70. The molecule has 0 fully saturated rings. The van der Waals surface area contributed by atoms with Gasteiger partial charge in [0.2, 0.25) is 6.43 Å². The molecule has 1 unspecified atom stereocenters. The first-order valence-corrected chi connectivity index (χ1v) is 8.58. The third-order valence-corrected chi connectivity index (χ3v) is 4.14. The summed E-state index contributed by atoms with van der Waals surface area (Å²) >= 11 is 1.55. The van der Waals surface area contributed by atoms with E-state index in [1.807, 2.05) is 0 Å². The lowest BCUT2D eigenvalue weighted by Gasteiger charge is -2.17. The van der Waals surface area contributed by atoms with Crippen LogP contribution in [0, 0.1) is 5.92 Å². The van der Waals surface area contributed by atoms with Gasteiger partial charge in [-0.05, 0) is 37.4 Å². The molecule has 0 aliphatic heterocycles. The highest BCUT2D eigenvalue weighted by atomic mass is 32.2. The van der Waals surface area contributed by atoms with Gasteiger partial charge in [-0.3, -0.25) is 4.79 Å². The van der Waals surface area contributed by atoms with Gasteiger partial charge in [-0.1, -0.05) is 27.2 Å². The lowest BCUT2D eigenvalue weighted by molar-refractivity contribution is -0.143. The second kappa shape index (κ2) is 12.4. The monoisotopic (exact) mass is 310 g/mol. The highest BCUT2D eigenvalue weighted by Gasteiger charge is 2.21. The number of hydrogen-bond donors (Lipinski definition) is 0. The molecule has 0 N–H and O–H groups in total. The first-order valence-electron chi connectivity index (χ1n) is 7.53. The van der Waals surface area contributed by atoms with E-state index in [-0.39, 0.29) is 17.6 Å². The summed E-state index contributed by atoms with van der Waals surface area (Å²) in [5, 5.41) is -0.154. The predicted molar refractivity (Wildman–Crippen MR) is 81.4 cm³/mol. The van der Waals surface area contributed by atoms with Crippen LogP contribution < -0.4 is 0 Å². The molecule has 0 aliphatic carbocycles. The van der Waals surface area contributed by atoms with Crippen molar-refractivity contribution < 1.29 is 18.3 Å². The zero-order valence-electron chi connectivity index (χ0n) is 12.9. The van der Waals surface area contributed by atoms with E-state index in [4.69, 9.17) is 4.74 Å². The van der Waals surface area contributed by atoms with Gasteiger partial charge in [-0.25, -0.2) is 8.78 Å². The Labute approximate surface area is 126 Å². The van der Waals surface area contributed by atoms with Crippen LogP contribution in [0.15, 0.2) is 0 Å². The predicted octanol–water partition coefficient (Wildman–Crippen LogP) is 4.91. The topological polar surface area (TPSA) is 26.3 Å². The van der Waals surface area contributed by atoms with Crippen molar-refractivity contribution in [1.82, 2.24) is 0 Å². The largest absolute Gasteiger partial charge is 0.465 e. The van der Waals surface area contributed by atoms with Gasteiger partial charge >= 0.3 is 5.97 Å². The molecule has 2 nitrogen and oxygen atoms in total. The molecule has 0 radical (unpaired) electrons. The van der Waals surface area contributed by atoms with Crippen LogP contribution >= 0.6 is 11.8 Å². The average Bonchev–Trinajstić information content (AvgIpc) is 2.36. The molecule has 0 bridgehead atoms. The number of alkyl halides is 2. The van der Waals surface area contributed by atoms with E-state index in [0.717, 1.165) is 31.4 Å². The zero-order chi connectivity index (χ0) is 15.4. The Bertz CT molecular complexity index is 248. The Morgan fingerprint density at radius 1 is 1.20 bits per heavy atom. The quantitative estimate of drug-likeness (QED) is 0.378. The van der Waals surface area contributed by atoms with Gasteiger partial charge in [-0.2, -0.15) is 0 Å². The number of esters is 1. The van der Waals surface area contributed by atoms with Crippen LogP contribution in [0.1, 0.15) is 59.3 Å². The van der Waals surface area contributed by atoms with E-state index in [1.165, 1.54) is 0 Å². The van der Waals surface area contributed by atoms with E-state index in [0.29, 0.717) is 18.9 Å². The third-order valence-electron chi connectivity index (χ3n) is 2.83. The maximum atomic E-state index is 12.0. The highest BCUT2D eigenvalue weighted by molar-refractivity contribution is 8.00. The molecule has 0 spiro atoms. The van der Waals surface area contributed by atoms with Gasteiger partial charge in [-0.15, -0.1) is 11.8 Å². The van der Waals surface area contributed by atoms with Crippen molar-refractivity contribution in [3.05, 3.63) is 0 Å². The molecule has 0 saturated carbocycles. The van der Waals surface area contributed by atoms with E-state index in [2.05, 4.69) is 20.8 Å². The fraction of sp³-hybridized carbons (Fsp3) is 0.933.